The van der Waals surface area contributed by atoms with Crippen LogP contribution in [0.25, 0.3) is 0 Å². The van der Waals surface area contributed by atoms with Gasteiger partial charge in [0, 0.05) is 5.56 Å². The highest BCUT2D eigenvalue weighted by Crippen LogP contribution is 2.28. The fourth-order valence-electron chi connectivity index (χ4n) is 1.67. The van der Waals surface area contributed by atoms with Gasteiger partial charge in [-0.3, -0.25) is 4.79 Å². The second-order valence-corrected chi connectivity index (χ2v) is 5.04. The van der Waals surface area contributed by atoms with E-state index in [1.807, 2.05) is 0 Å². The van der Waals surface area contributed by atoms with Crippen LogP contribution >= 0.6 is 27.5 Å². The van der Waals surface area contributed by atoms with Crippen LogP contribution in [-0.2, 0) is 0 Å². The smallest absolute Gasteiger partial charge is 0.197 e. The lowest BCUT2D eigenvalue weighted by Gasteiger charge is -2.07. The van der Waals surface area contributed by atoms with Gasteiger partial charge in [-0.15, -0.1) is 0 Å². The molecule has 0 spiro atoms. The number of methoxy groups -OCH3 is 1. The second kappa shape index (κ2) is 5.72. The molecule has 0 aliphatic heterocycles. The zero-order chi connectivity index (χ0) is 14.0. The van der Waals surface area contributed by atoms with Crippen LogP contribution in [0.15, 0.2) is 40.9 Å². The lowest BCUT2D eigenvalue weighted by Crippen LogP contribution is -2.05. The molecular weight excluding hydrogens is 335 g/mol. The zero-order valence-electron chi connectivity index (χ0n) is 9.91. The van der Waals surface area contributed by atoms with Crippen LogP contribution in [0.3, 0.4) is 0 Å². The second-order valence-electron chi connectivity index (χ2n) is 3.78. The summed E-state index contributed by atoms with van der Waals surface area (Å²) in [5.74, 6) is -0.507. The molecule has 0 bridgehead atoms. The van der Waals surface area contributed by atoms with E-state index in [0.29, 0.717) is 15.8 Å². The Kier molecular flexibility index (Phi) is 4.22. The van der Waals surface area contributed by atoms with E-state index in [1.165, 1.54) is 25.3 Å². The lowest BCUT2D eigenvalue weighted by atomic mass is 10.0. The molecule has 98 valence electrons. The molecule has 5 heteroatoms. The zero-order valence-corrected chi connectivity index (χ0v) is 12.3. The molecule has 0 aliphatic carbocycles. The summed E-state index contributed by atoms with van der Waals surface area (Å²) in [7, 11) is 1.52. The number of carbonyl (C=O) groups is 1. The SMILES string of the molecule is COc1ccc(C(=O)c2c(F)cccc2Cl)cc1Br. The van der Waals surface area contributed by atoms with Crippen molar-refractivity contribution in [1.29, 1.82) is 0 Å². The van der Waals surface area contributed by atoms with Gasteiger partial charge in [0.15, 0.2) is 5.78 Å². The number of hydrogen-bond acceptors (Lipinski definition) is 2. The van der Waals surface area contributed by atoms with E-state index < -0.39 is 11.6 Å². The maximum absolute atomic E-state index is 13.7. The van der Waals surface area contributed by atoms with Crippen molar-refractivity contribution in [1.82, 2.24) is 0 Å². The molecule has 0 atom stereocenters. The van der Waals surface area contributed by atoms with Crippen molar-refractivity contribution in [2.24, 2.45) is 0 Å². The highest BCUT2D eigenvalue weighted by Gasteiger charge is 2.18. The van der Waals surface area contributed by atoms with Gasteiger partial charge >= 0.3 is 0 Å². The Morgan fingerprint density at radius 1 is 1.32 bits per heavy atom. The van der Waals surface area contributed by atoms with Crippen molar-refractivity contribution in [2.45, 2.75) is 0 Å². The Hall–Kier alpha value is -1.39. The van der Waals surface area contributed by atoms with Gasteiger partial charge < -0.3 is 4.74 Å². The van der Waals surface area contributed by atoms with Crippen molar-refractivity contribution < 1.29 is 13.9 Å². The summed E-state index contributed by atoms with van der Waals surface area (Å²) < 4.78 is 19.4. The minimum atomic E-state index is -0.635. The third kappa shape index (κ3) is 2.80. The van der Waals surface area contributed by atoms with E-state index >= 15 is 0 Å². The summed E-state index contributed by atoms with van der Waals surface area (Å²) in [6, 6.07) is 8.91. The van der Waals surface area contributed by atoms with Crippen molar-refractivity contribution >= 4 is 33.3 Å². The van der Waals surface area contributed by atoms with Crippen LogP contribution in [0.2, 0.25) is 5.02 Å². The number of benzene rings is 2. The van der Waals surface area contributed by atoms with E-state index in [9.17, 15) is 9.18 Å². The minimum Gasteiger partial charge on any atom is -0.496 e. The van der Waals surface area contributed by atoms with E-state index in [4.69, 9.17) is 16.3 Å². The van der Waals surface area contributed by atoms with Crippen molar-refractivity contribution in [3.63, 3.8) is 0 Å². The van der Waals surface area contributed by atoms with Crippen molar-refractivity contribution in [2.75, 3.05) is 7.11 Å². The summed E-state index contributed by atoms with van der Waals surface area (Å²) in [4.78, 5) is 12.3. The maximum Gasteiger partial charge on any atom is 0.197 e. The first-order valence-electron chi connectivity index (χ1n) is 5.37. The number of hydrogen-bond donors (Lipinski definition) is 0. The highest BCUT2D eigenvalue weighted by atomic mass is 79.9. The number of ketones is 1. The number of ether oxygens (including phenoxy) is 1. The van der Waals surface area contributed by atoms with Gasteiger partial charge in [0.2, 0.25) is 0 Å². The van der Waals surface area contributed by atoms with Gasteiger partial charge in [0.1, 0.15) is 11.6 Å². The molecule has 0 amide bonds. The molecule has 0 saturated carbocycles. The van der Waals surface area contributed by atoms with Crippen LogP contribution in [0.5, 0.6) is 5.75 Å². The van der Waals surface area contributed by atoms with Crippen LogP contribution < -0.4 is 4.74 Å². The first kappa shape index (κ1) is 14.0. The molecule has 2 nitrogen and oxygen atoms in total. The average Bonchev–Trinajstić information content (AvgIpc) is 2.38. The van der Waals surface area contributed by atoms with E-state index in [1.54, 1.807) is 18.2 Å². The Morgan fingerprint density at radius 3 is 2.63 bits per heavy atom. The normalized spacial score (nSPS) is 10.3. The Balaban J connectivity index is 2.48. The quantitative estimate of drug-likeness (QED) is 0.768. The molecule has 0 heterocycles. The molecule has 0 saturated heterocycles. The Morgan fingerprint density at radius 2 is 2.05 bits per heavy atom. The van der Waals surface area contributed by atoms with Gasteiger partial charge in [-0.05, 0) is 46.3 Å². The molecule has 0 fully saturated rings. The summed E-state index contributed by atoms with van der Waals surface area (Å²) >= 11 is 9.16. The van der Waals surface area contributed by atoms with Crippen LogP contribution in [0.4, 0.5) is 4.39 Å². The predicted molar refractivity (Wildman–Crippen MR) is 75.5 cm³/mol. The van der Waals surface area contributed by atoms with Gasteiger partial charge in [0.05, 0.1) is 22.2 Å². The molecule has 0 radical (unpaired) electrons. The number of halogens is 3. The summed E-state index contributed by atoms with van der Waals surface area (Å²) in [5.41, 5.74) is 0.209. The molecule has 19 heavy (non-hydrogen) atoms. The van der Waals surface area contributed by atoms with E-state index in [-0.39, 0.29) is 10.6 Å². The van der Waals surface area contributed by atoms with Crippen LogP contribution in [0.1, 0.15) is 15.9 Å². The molecule has 0 aromatic heterocycles. The Bertz CT molecular complexity index is 623. The monoisotopic (exact) mass is 342 g/mol. The van der Waals surface area contributed by atoms with E-state index in [0.717, 1.165) is 0 Å². The van der Waals surface area contributed by atoms with Crippen LogP contribution in [-0.4, -0.2) is 12.9 Å². The summed E-state index contributed by atoms with van der Waals surface area (Å²) in [6.45, 7) is 0. The topological polar surface area (TPSA) is 26.3 Å². The molecule has 0 unspecified atom stereocenters. The minimum absolute atomic E-state index is 0.0944. The predicted octanol–water partition coefficient (Wildman–Crippen LogP) is 4.48. The van der Waals surface area contributed by atoms with Crippen molar-refractivity contribution in [3.8, 4) is 5.75 Å². The maximum atomic E-state index is 13.7. The molecule has 0 N–H and O–H groups in total. The largest absolute Gasteiger partial charge is 0.496 e. The first-order valence-corrected chi connectivity index (χ1v) is 6.54. The van der Waals surface area contributed by atoms with Gasteiger partial charge in [0.25, 0.3) is 0 Å². The first-order chi connectivity index (χ1) is 9.04. The van der Waals surface area contributed by atoms with Crippen molar-refractivity contribution in [3.05, 3.63) is 62.8 Å². The van der Waals surface area contributed by atoms with E-state index in [2.05, 4.69) is 15.9 Å². The van der Waals surface area contributed by atoms with Gasteiger partial charge in [-0.1, -0.05) is 17.7 Å². The summed E-state index contributed by atoms with van der Waals surface area (Å²) in [5, 5.41) is 0.0944. The Labute approximate surface area is 123 Å². The molecule has 0 aliphatic rings. The molecule has 2 aromatic carbocycles. The number of rotatable bonds is 3. The highest BCUT2D eigenvalue weighted by molar-refractivity contribution is 9.10. The molecular formula is C14H9BrClFO2. The lowest BCUT2D eigenvalue weighted by molar-refractivity contribution is 0.103. The fraction of sp³-hybridized carbons (Fsp3) is 0.0714. The van der Waals surface area contributed by atoms with Gasteiger partial charge in [-0.2, -0.15) is 0 Å². The van der Waals surface area contributed by atoms with Crippen LogP contribution in [0, 0.1) is 5.82 Å². The fourth-order valence-corrected chi connectivity index (χ4v) is 2.46. The standard InChI is InChI=1S/C14H9BrClFO2/c1-19-12-6-5-8(7-9(12)15)14(18)13-10(16)3-2-4-11(13)17/h2-7H,1H3. The third-order valence-electron chi connectivity index (χ3n) is 2.60. The third-order valence-corrected chi connectivity index (χ3v) is 3.54. The van der Waals surface area contributed by atoms with Gasteiger partial charge in [-0.25, -0.2) is 4.39 Å². The number of carbonyl (C=O) groups excluding carboxylic acids is 1. The summed E-state index contributed by atoms with van der Waals surface area (Å²) in [6.07, 6.45) is 0. The molecule has 2 rings (SSSR count). The average molecular weight is 344 g/mol. The molecule has 2 aromatic rings.